The van der Waals surface area contributed by atoms with E-state index in [9.17, 15) is 9.59 Å². The van der Waals surface area contributed by atoms with E-state index in [4.69, 9.17) is 0 Å². The lowest BCUT2D eigenvalue weighted by Gasteiger charge is -2.20. The number of benzene rings is 1. The van der Waals surface area contributed by atoms with Gasteiger partial charge in [0.2, 0.25) is 5.91 Å². The Balaban J connectivity index is 2.32. The van der Waals surface area contributed by atoms with Crippen LogP contribution in [0.1, 0.15) is 26.3 Å². The third-order valence-electron chi connectivity index (χ3n) is 2.01. The second kappa shape index (κ2) is 6.05. The Morgan fingerprint density at radius 3 is 2.22 bits per heavy atom. The molecule has 0 spiro atoms. The Labute approximate surface area is 107 Å². The van der Waals surface area contributed by atoms with Crippen LogP contribution in [-0.2, 0) is 11.2 Å². The van der Waals surface area contributed by atoms with Crippen LogP contribution in [0.3, 0.4) is 0 Å². The van der Waals surface area contributed by atoms with Crippen LogP contribution in [0.2, 0.25) is 0 Å². The number of carbonyl (C=O) groups is 2. The van der Waals surface area contributed by atoms with Crippen LogP contribution in [0.4, 0.5) is 4.79 Å². The van der Waals surface area contributed by atoms with E-state index in [-0.39, 0.29) is 17.9 Å². The summed E-state index contributed by atoms with van der Waals surface area (Å²) in [5.41, 5.74) is 5.22. The molecule has 98 valence electrons. The topological polar surface area (TPSA) is 70.2 Å². The highest BCUT2D eigenvalue weighted by Crippen LogP contribution is 1.99. The molecule has 0 aliphatic carbocycles. The number of hydrogen-bond donors (Lipinski definition) is 3. The molecule has 0 heterocycles. The van der Waals surface area contributed by atoms with Crippen LogP contribution in [0.25, 0.3) is 0 Å². The van der Waals surface area contributed by atoms with Gasteiger partial charge in [-0.25, -0.2) is 10.2 Å². The zero-order valence-electron chi connectivity index (χ0n) is 10.9. The number of nitrogens with one attached hydrogen (secondary N) is 3. The predicted molar refractivity (Wildman–Crippen MR) is 69.7 cm³/mol. The summed E-state index contributed by atoms with van der Waals surface area (Å²) >= 11 is 0. The second-order valence-corrected chi connectivity index (χ2v) is 5.04. The highest BCUT2D eigenvalue weighted by molar-refractivity contribution is 5.82. The van der Waals surface area contributed by atoms with Crippen molar-refractivity contribution in [2.45, 2.75) is 32.7 Å². The second-order valence-electron chi connectivity index (χ2n) is 5.04. The van der Waals surface area contributed by atoms with Gasteiger partial charge in [0.1, 0.15) is 0 Å². The number of urea groups is 1. The van der Waals surface area contributed by atoms with E-state index in [2.05, 4.69) is 16.2 Å². The molecule has 5 heteroatoms. The molecule has 0 aromatic heterocycles. The van der Waals surface area contributed by atoms with Gasteiger partial charge in [-0.3, -0.25) is 10.2 Å². The van der Waals surface area contributed by atoms with Crippen LogP contribution < -0.4 is 16.2 Å². The van der Waals surface area contributed by atoms with E-state index in [1.54, 1.807) is 0 Å². The van der Waals surface area contributed by atoms with Crippen molar-refractivity contribution in [3.63, 3.8) is 0 Å². The van der Waals surface area contributed by atoms with Gasteiger partial charge in [0.25, 0.3) is 0 Å². The molecule has 0 aliphatic rings. The Kier molecular flexibility index (Phi) is 4.71. The van der Waals surface area contributed by atoms with Crippen molar-refractivity contribution in [2.24, 2.45) is 0 Å². The van der Waals surface area contributed by atoms with E-state index in [1.165, 1.54) is 0 Å². The number of hydrogen-bond acceptors (Lipinski definition) is 2. The molecule has 1 aromatic rings. The normalized spacial score (nSPS) is 10.6. The SMILES string of the molecule is CC(C)(C)NC(=O)NNC(=O)Cc1ccccc1. The number of carbonyl (C=O) groups excluding carboxylic acids is 2. The Bertz CT molecular complexity index is 410. The summed E-state index contributed by atoms with van der Waals surface area (Å²) in [6.07, 6.45) is 0.233. The molecule has 1 aromatic carbocycles. The maximum atomic E-state index is 11.5. The average molecular weight is 249 g/mol. The van der Waals surface area contributed by atoms with Gasteiger partial charge in [0.05, 0.1) is 6.42 Å². The maximum Gasteiger partial charge on any atom is 0.333 e. The van der Waals surface area contributed by atoms with E-state index in [0.717, 1.165) is 5.56 Å². The van der Waals surface area contributed by atoms with Gasteiger partial charge in [-0.15, -0.1) is 0 Å². The molecule has 0 saturated heterocycles. The molecule has 0 radical (unpaired) electrons. The smallest absolute Gasteiger partial charge is 0.332 e. The van der Waals surface area contributed by atoms with Crippen LogP contribution in [0, 0.1) is 0 Å². The zero-order chi connectivity index (χ0) is 13.6. The number of amides is 3. The molecule has 0 atom stereocenters. The standard InChI is InChI=1S/C13H19N3O2/c1-13(2,3)14-12(18)16-15-11(17)9-10-7-5-4-6-8-10/h4-8H,9H2,1-3H3,(H,15,17)(H2,14,16,18). The van der Waals surface area contributed by atoms with Crippen molar-refractivity contribution >= 4 is 11.9 Å². The highest BCUT2D eigenvalue weighted by Gasteiger charge is 2.13. The molecule has 3 N–H and O–H groups in total. The minimum absolute atomic E-state index is 0.233. The summed E-state index contributed by atoms with van der Waals surface area (Å²) in [6, 6.07) is 8.90. The van der Waals surface area contributed by atoms with Gasteiger partial charge in [0.15, 0.2) is 0 Å². The summed E-state index contributed by atoms with van der Waals surface area (Å²) in [5, 5.41) is 2.67. The van der Waals surface area contributed by atoms with Crippen LogP contribution in [0.5, 0.6) is 0 Å². The first-order valence-corrected chi connectivity index (χ1v) is 5.78. The van der Waals surface area contributed by atoms with Gasteiger partial charge in [-0.2, -0.15) is 0 Å². The van der Waals surface area contributed by atoms with Gasteiger partial charge < -0.3 is 5.32 Å². The lowest BCUT2D eigenvalue weighted by Crippen LogP contribution is -2.52. The summed E-state index contributed by atoms with van der Waals surface area (Å²) in [4.78, 5) is 22.9. The quantitative estimate of drug-likeness (QED) is 0.693. The lowest BCUT2D eigenvalue weighted by molar-refractivity contribution is -0.121. The molecule has 0 unspecified atom stereocenters. The molecular formula is C13H19N3O2. The first kappa shape index (κ1) is 14.0. The van der Waals surface area contributed by atoms with Gasteiger partial charge in [0, 0.05) is 5.54 Å². The summed E-state index contributed by atoms with van der Waals surface area (Å²) in [5.74, 6) is -0.259. The molecule has 0 bridgehead atoms. The third kappa shape index (κ3) is 5.89. The van der Waals surface area contributed by atoms with Crippen molar-refractivity contribution in [2.75, 3.05) is 0 Å². The molecule has 5 nitrogen and oxygen atoms in total. The first-order valence-electron chi connectivity index (χ1n) is 5.78. The fourth-order valence-electron chi connectivity index (χ4n) is 1.32. The predicted octanol–water partition coefficient (Wildman–Crippen LogP) is 1.36. The molecular weight excluding hydrogens is 230 g/mol. The summed E-state index contributed by atoms with van der Waals surface area (Å²) < 4.78 is 0. The Morgan fingerprint density at radius 2 is 1.67 bits per heavy atom. The first-order chi connectivity index (χ1) is 8.37. The van der Waals surface area contributed by atoms with Crippen molar-refractivity contribution in [3.05, 3.63) is 35.9 Å². The molecule has 0 saturated carbocycles. The van der Waals surface area contributed by atoms with E-state index >= 15 is 0 Å². The summed E-state index contributed by atoms with van der Waals surface area (Å²) in [7, 11) is 0. The van der Waals surface area contributed by atoms with E-state index in [0.29, 0.717) is 0 Å². The van der Waals surface area contributed by atoms with Gasteiger partial charge >= 0.3 is 6.03 Å². The van der Waals surface area contributed by atoms with Gasteiger partial charge in [-0.05, 0) is 26.3 Å². The number of hydrazine groups is 1. The molecule has 1 rings (SSSR count). The highest BCUT2D eigenvalue weighted by atomic mass is 16.2. The Morgan fingerprint density at radius 1 is 1.06 bits per heavy atom. The maximum absolute atomic E-state index is 11.5. The molecule has 18 heavy (non-hydrogen) atoms. The minimum atomic E-state index is -0.427. The van der Waals surface area contributed by atoms with Crippen molar-refractivity contribution in [3.8, 4) is 0 Å². The molecule has 0 fully saturated rings. The van der Waals surface area contributed by atoms with Gasteiger partial charge in [-0.1, -0.05) is 30.3 Å². The van der Waals surface area contributed by atoms with Crippen molar-refractivity contribution in [1.82, 2.24) is 16.2 Å². The van der Waals surface area contributed by atoms with E-state index in [1.807, 2.05) is 51.1 Å². The van der Waals surface area contributed by atoms with Crippen LogP contribution in [0.15, 0.2) is 30.3 Å². The van der Waals surface area contributed by atoms with Crippen LogP contribution in [-0.4, -0.2) is 17.5 Å². The Hall–Kier alpha value is -2.04. The third-order valence-corrected chi connectivity index (χ3v) is 2.01. The number of rotatable bonds is 2. The van der Waals surface area contributed by atoms with E-state index < -0.39 is 6.03 Å². The minimum Gasteiger partial charge on any atom is -0.332 e. The molecule has 3 amide bonds. The largest absolute Gasteiger partial charge is 0.333 e. The fourth-order valence-corrected chi connectivity index (χ4v) is 1.32. The van der Waals surface area contributed by atoms with Crippen molar-refractivity contribution < 1.29 is 9.59 Å². The zero-order valence-corrected chi connectivity index (χ0v) is 10.9. The summed E-state index contributed by atoms with van der Waals surface area (Å²) in [6.45, 7) is 5.58. The fraction of sp³-hybridized carbons (Fsp3) is 0.385. The monoisotopic (exact) mass is 249 g/mol. The molecule has 0 aliphatic heterocycles. The van der Waals surface area contributed by atoms with Crippen molar-refractivity contribution in [1.29, 1.82) is 0 Å². The van der Waals surface area contributed by atoms with Crippen LogP contribution >= 0.6 is 0 Å². The average Bonchev–Trinajstić information content (AvgIpc) is 2.25. The lowest BCUT2D eigenvalue weighted by atomic mass is 10.1.